The average molecular weight is 460 g/mol. The van der Waals surface area contributed by atoms with E-state index in [1.165, 1.54) is 11.8 Å². The van der Waals surface area contributed by atoms with Gasteiger partial charge in [-0.15, -0.1) is 10.2 Å². The Morgan fingerprint density at radius 3 is 2.55 bits per heavy atom. The molecule has 4 rings (SSSR count). The minimum absolute atomic E-state index is 0.161. The van der Waals surface area contributed by atoms with Gasteiger partial charge in [-0.25, -0.2) is 0 Å². The molecular weight excluding hydrogens is 434 g/mol. The van der Waals surface area contributed by atoms with Crippen molar-refractivity contribution in [3.63, 3.8) is 0 Å². The zero-order valence-corrected chi connectivity index (χ0v) is 19.5. The van der Waals surface area contributed by atoms with Crippen molar-refractivity contribution in [2.75, 3.05) is 12.4 Å². The number of aryl methyl sites for hydroxylation is 1. The Kier molecular flexibility index (Phi) is 7.04. The molecule has 0 saturated carbocycles. The average Bonchev–Trinajstić information content (AvgIpc) is 3.26. The first kappa shape index (κ1) is 22.5. The van der Waals surface area contributed by atoms with Gasteiger partial charge in [0.1, 0.15) is 11.0 Å². The second-order valence-corrected chi connectivity index (χ2v) is 8.46. The third kappa shape index (κ3) is 5.06. The van der Waals surface area contributed by atoms with Gasteiger partial charge < -0.3 is 14.6 Å². The third-order valence-corrected chi connectivity index (χ3v) is 6.38. The molecule has 1 atom stereocenters. The lowest BCUT2D eigenvalue weighted by Gasteiger charge is -2.18. The molecule has 7 nitrogen and oxygen atoms in total. The summed E-state index contributed by atoms with van der Waals surface area (Å²) in [7, 11) is 1.59. The summed E-state index contributed by atoms with van der Waals surface area (Å²) >= 11 is 1.37. The number of rotatable bonds is 8. The quantitative estimate of drug-likeness (QED) is 0.367. The maximum atomic E-state index is 13.5. The number of thioether (sulfide) groups is 1. The maximum absolute atomic E-state index is 13.5. The van der Waals surface area contributed by atoms with Crippen molar-refractivity contribution in [3.8, 4) is 17.1 Å². The van der Waals surface area contributed by atoms with Crippen LogP contribution >= 0.6 is 11.8 Å². The number of methoxy groups -OCH3 is 1. The van der Waals surface area contributed by atoms with Crippen molar-refractivity contribution >= 4 is 23.4 Å². The zero-order chi connectivity index (χ0) is 23.2. The van der Waals surface area contributed by atoms with Crippen LogP contribution in [0, 0.1) is 6.92 Å². The second kappa shape index (κ2) is 10.3. The molecule has 0 aliphatic heterocycles. The maximum Gasteiger partial charge on any atom is 0.242 e. The fraction of sp³-hybridized carbons (Fsp3) is 0.200. The molecule has 0 aliphatic carbocycles. The summed E-state index contributed by atoms with van der Waals surface area (Å²) in [5, 5.41) is 12.0. The van der Waals surface area contributed by atoms with Gasteiger partial charge in [0.25, 0.3) is 0 Å². The highest BCUT2D eigenvalue weighted by molar-refractivity contribution is 8.00. The summed E-state index contributed by atoms with van der Waals surface area (Å²) in [4.78, 5) is 17.6. The van der Waals surface area contributed by atoms with Gasteiger partial charge >= 0.3 is 0 Å². The van der Waals surface area contributed by atoms with Gasteiger partial charge in [-0.05, 0) is 49.2 Å². The van der Waals surface area contributed by atoms with E-state index >= 15 is 0 Å². The fourth-order valence-electron chi connectivity index (χ4n) is 3.50. The van der Waals surface area contributed by atoms with Crippen LogP contribution in [0.5, 0.6) is 5.75 Å². The Morgan fingerprint density at radius 2 is 1.85 bits per heavy atom. The molecule has 0 fully saturated rings. The number of nitrogens with one attached hydrogen (secondary N) is 1. The van der Waals surface area contributed by atoms with Gasteiger partial charge in [0.2, 0.25) is 5.91 Å². The monoisotopic (exact) mass is 459 g/mol. The van der Waals surface area contributed by atoms with Crippen molar-refractivity contribution in [3.05, 3.63) is 84.2 Å². The lowest BCUT2D eigenvalue weighted by molar-refractivity contribution is -0.115. The molecule has 4 aromatic rings. The van der Waals surface area contributed by atoms with E-state index in [1.807, 2.05) is 79.1 Å². The normalized spacial score (nSPS) is 11.7. The van der Waals surface area contributed by atoms with E-state index in [2.05, 4.69) is 20.5 Å². The molecule has 0 saturated heterocycles. The Balaban J connectivity index is 1.68. The van der Waals surface area contributed by atoms with Crippen LogP contribution in [-0.4, -0.2) is 32.8 Å². The first-order valence-corrected chi connectivity index (χ1v) is 11.5. The largest absolute Gasteiger partial charge is 0.495 e. The summed E-state index contributed by atoms with van der Waals surface area (Å²) < 4.78 is 7.45. The van der Waals surface area contributed by atoms with Crippen molar-refractivity contribution in [2.24, 2.45) is 0 Å². The van der Waals surface area contributed by atoms with Crippen LogP contribution in [0.25, 0.3) is 11.4 Å². The number of ether oxygens (including phenoxy) is 1. The number of pyridine rings is 1. The number of carbonyl (C=O) groups excluding carboxylic acids is 1. The van der Waals surface area contributed by atoms with Crippen LogP contribution < -0.4 is 10.1 Å². The highest BCUT2D eigenvalue weighted by Gasteiger charge is 2.26. The summed E-state index contributed by atoms with van der Waals surface area (Å²) in [6, 6.07) is 19.2. The molecule has 1 amide bonds. The van der Waals surface area contributed by atoms with E-state index in [1.54, 1.807) is 19.5 Å². The van der Waals surface area contributed by atoms with Crippen LogP contribution in [0.4, 0.5) is 5.69 Å². The molecule has 0 bridgehead atoms. The predicted molar refractivity (Wildman–Crippen MR) is 130 cm³/mol. The van der Waals surface area contributed by atoms with Gasteiger partial charge in [0.05, 0.1) is 12.8 Å². The number of nitrogens with zero attached hydrogens (tertiary/aromatic N) is 4. The second-order valence-electron chi connectivity index (χ2n) is 7.39. The van der Waals surface area contributed by atoms with Crippen LogP contribution in [0.1, 0.15) is 23.3 Å². The Hall–Kier alpha value is -3.65. The number of carbonyl (C=O) groups is 1. The first-order chi connectivity index (χ1) is 16.1. The highest BCUT2D eigenvalue weighted by Crippen LogP contribution is 2.37. The summed E-state index contributed by atoms with van der Waals surface area (Å²) in [5.74, 6) is 1.20. The number of anilines is 1. The summed E-state index contributed by atoms with van der Waals surface area (Å²) in [5.41, 5.74) is 3.47. The van der Waals surface area contributed by atoms with Gasteiger partial charge in [-0.3, -0.25) is 9.78 Å². The van der Waals surface area contributed by atoms with E-state index in [9.17, 15) is 4.79 Å². The van der Waals surface area contributed by atoms with E-state index in [4.69, 9.17) is 4.74 Å². The molecular formula is C25H25N5O2S. The van der Waals surface area contributed by atoms with Gasteiger partial charge in [0.15, 0.2) is 11.0 Å². The Morgan fingerprint density at radius 1 is 1.09 bits per heavy atom. The Labute approximate surface area is 197 Å². The zero-order valence-electron chi connectivity index (χ0n) is 18.7. The minimum Gasteiger partial charge on any atom is -0.495 e. The van der Waals surface area contributed by atoms with Crippen molar-refractivity contribution in [1.29, 1.82) is 0 Å². The number of hydrogen-bond acceptors (Lipinski definition) is 6. The van der Waals surface area contributed by atoms with Crippen LogP contribution in [0.3, 0.4) is 0 Å². The molecule has 1 N–H and O–H groups in total. The molecule has 0 spiro atoms. The standard InChI is InChI=1S/C25H25N5O2S/c1-4-30-23(19-12-14-26-15-13-19)28-29-25(30)33-22(18-8-6-5-7-9-18)24(31)27-20-16-17(2)10-11-21(20)32-3/h5-16,22H,4H2,1-3H3,(H,27,31). The molecule has 0 aliphatic rings. The van der Waals surface area contributed by atoms with Crippen LogP contribution in [0.2, 0.25) is 0 Å². The van der Waals surface area contributed by atoms with Crippen LogP contribution in [0.15, 0.2) is 78.2 Å². The molecule has 1 unspecified atom stereocenters. The molecule has 8 heteroatoms. The lowest BCUT2D eigenvalue weighted by Crippen LogP contribution is -2.20. The molecule has 33 heavy (non-hydrogen) atoms. The van der Waals surface area contributed by atoms with E-state index in [0.717, 1.165) is 22.5 Å². The molecule has 168 valence electrons. The highest BCUT2D eigenvalue weighted by atomic mass is 32.2. The molecule has 2 aromatic carbocycles. The Bertz CT molecular complexity index is 1230. The van der Waals surface area contributed by atoms with Crippen molar-refractivity contribution in [1.82, 2.24) is 19.7 Å². The number of hydrogen-bond donors (Lipinski definition) is 1. The number of benzene rings is 2. The van der Waals surface area contributed by atoms with Crippen molar-refractivity contribution < 1.29 is 9.53 Å². The van der Waals surface area contributed by atoms with E-state index in [0.29, 0.717) is 23.1 Å². The topological polar surface area (TPSA) is 81.9 Å². The summed E-state index contributed by atoms with van der Waals surface area (Å²) in [6.07, 6.45) is 3.46. The fourth-order valence-corrected chi connectivity index (χ4v) is 4.60. The SMILES string of the molecule is CCn1c(SC(C(=O)Nc2cc(C)ccc2OC)c2ccccc2)nnc1-c1ccncc1. The van der Waals surface area contributed by atoms with Crippen LogP contribution in [-0.2, 0) is 11.3 Å². The lowest BCUT2D eigenvalue weighted by atomic mass is 10.1. The first-order valence-electron chi connectivity index (χ1n) is 10.6. The van der Waals surface area contributed by atoms with E-state index in [-0.39, 0.29) is 5.91 Å². The third-order valence-electron chi connectivity index (χ3n) is 5.15. The molecule has 0 radical (unpaired) electrons. The number of aromatic nitrogens is 4. The molecule has 2 aromatic heterocycles. The summed E-state index contributed by atoms with van der Waals surface area (Å²) in [6.45, 7) is 4.68. The van der Waals surface area contributed by atoms with Crippen molar-refractivity contribution in [2.45, 2.75) is 30.8 Å². The van der Waals surface area contributed by atoms with Gasteiger partial charge in [-0.1, -0.05) is 48.2 Å². The number of amides is 1. The minimum atomic E-state index is -0.531. The smallest absolute Gasteiger partial charge is 0.242 e. The molecule has 2 heterocycles. The van der Waals surface area contributed by atoms with E-state index < -0.39 is 5.25 Å². The van der Waals surface area contributed by atoms with Gasteiger partial charge in [0, 0.05) is 24.5 Å². The predicted octanol–water partition coefficient (Wildman–Crippen LogP) is 5.15. The van der Waals surface area contributed by atoms with Gasteiger partial charge in [-0.2, -0.15) is 0 Å².